The first-order chi connectivity index (χ1) is 34.9. The van der Waals surface area contributed by atoms with Crippen molar-refractivity contribution in [2.45, 2.75) is 126 Å². The number of nitrogens with zero attached hydrogens (tertiary/aromatic N) is 2. The zero-order chi connectivity index (χ0) is 52.3. The third-order valence-electron chi connectivity index (χ3n) is 15.1. The van der Waals surface area contributed by atoms with Crippen molar-refractivity contribution in [1.82, 2.24) is 0 Å². The molecule has 7 aromatic carbocycles. The Morgan fingerprint density at radius 1 is 0.616 bits per heavy atom. The lowest BCUT2D eigenvalue weighted by Crippen LogP contribution is -2.21. The highest BCUT2D eigenvalue weighted by atomic mass is 32.2. The van der Waals surface area contributed by atoms with Crippen molar-refractivity contribution in [3.8, 4) is 0 Å². The summed E-state index contributed by atoms with van der Waals surface area (Å²) in [5, 5.41) is 6.09. The van der Waals surface area contributed by atoms with Crippen LogP contribution < -0.4 is 14.9 Å². The van der Waals surface area contributed by atoms with Gasteiger partial charge in [0.25, 0.3) is 10.0 Å². The summed E-state index contributed by atoms with van der Waals surface area (Å²) in [6, 6.07) is 41.1. The zero-order valence-corrected chi connectivity index (χ0v) is 46.5. The smallest absolute Gasteiger partial charge is 0.261 e. The molecule has 0 fully saturated rings. The van der Waals surface area contributed by atoms with Gasteiger partial charge in [-0.3, -0.25) is 4.72 Å². The van der Waals surface area contributed by atoms with Gasteiger partial charge in [0.2, 0.25) is 11.4 Å². The Balaban J connectivity index is 1.21. The summed E-state index contributed by atoms with van der Waals surface area (Å²) in [4.78, 5) is 2.74. The van der Waals surface area contributed by atoms with Gasteiger partial charge in [-0.25, -0.2) is 8.42 Å². The van der Waals surface area contributed by atoms with Gasteiger partial charge in [0.15, 0.2) is 0 Å². The molecular formula is C66H77N4O2S+. The molecule has 0 bridgehead atoms. The summed E-state index contributed by atoms with van der Waals surface area (Å²) in [7, 11) is -3.85. The Morgan fingerprint density at radius 3 is 1.78 bits per heavy atom. The molecule has 7 aromatic rings. The fraction of sp³-hybridized carbons (Fsp3) is 0.318. The van der Waals surface area contributed by atoms with Gasteiger partial charge in [0, 0.05) is 76.2 Å². The molecule has 0 saturated heterocycles. The maximum Gasteiger partial charge on any atom is 0.261 e. The van der Waals surface area contributed by atoms with Crippen LogP contribution in [-0.4, -0.2) is 31.8 Å². The van der Waals surface area contributed by atoms with Gasteiger partial charge in [-0.2, -0.15) is 4.58 Å². The SMILES string of the molecule is CCCN(c1ccc(C(c2ccc(Nc3c(C)cc(C)c(NS(=O)(=O)c4ccc(C(C)CC)cc4)c3C)c3ccccc23)C2C=CC(=[N+](CCC)c3c(C)cc(C)cc3C)C=C2)cc1)c1c(C)cc(C)cc1C. The molecule has 1 aliphatic rings. The molecule has 2 atom stereocenters. The van der Waals surface area contributed by atoms with Crippen molar-refractivity contribution in [3.05, 3.63) is 206 Å². The average molecular weight is 990 g/mol. The molecule has 0 saturated carbocycles. The number of hydrogen-bond donors (Lipinski definition) is 2. The highest BCUT2D eigenvalue weighted by molar-refractivity contribution is 7.92. The maximum atomic E-state index is 14.0. The summed E-state index contributed by atoms with van der Waals surface area (Å²) >= 11 is 0. The van der Waals surface area contributed by atoms with Gasteiger partial charge in [0.05, 0.1) is 10.6 Å². The standard InChI is InChI=1S/C66H77N4O2S/c1-14-35-69(65-47(9)37-42(4)38-48(65)10)55-27-21-53(22-28-55)62(54-23-29-56(30-24-54)70(36-15-2)66-49(11)39-43(5)40-50(66)12)60-33-34-61(59-20-18-17-19-58(59)60)67-63-45(7)41-46(8)64(51(63)13)68-73(71,72)57-31-25-52(26-32-57)44(6)16-3/h17-34,37-41,44,53,62,67-68H,14-16,35-36H2,1-13H3/q+1. The molecule has 73 heavy (non-hydrogen) atoms. The summed E-state index contributed by atoms with van der Waals surface area (Å²) in [5.74, 6) is 0.420. The van der Waals surface area contributed by atoms with Crippen LogP contribution in [0.1, 0.15) is 126 Å². The summed E-state index contributed by atoms with van der Waals surface area (Å²) < 4.78 is 33.4. The number of aryl methyl sites for hydroxylation is 8. The third kappa shape index (κ3) is 11.0. The van der Waals surface area contributed by atoms with Crippen LogP contribution in [0.5, 0.6) is 0 Å². The third-order valence-corrected chi connectivity index (χ3v) is 16.4. The van der Waals surface area contributed by atoms with Gasteiger partial charge in [-0.1, -0.05) is 124 Å². The van der Waals surface area contributed by atoms with Crippen LogP contribution >= 0.6 is 0 Å². The molecule has 6 nitrogen and oxygen atoms in total. The lowest BCUT2D eigenvalue weighted by atomic mass is 9.77. The minimum atomic E-state index is -3.85. The van der Waals surface area contributed by atoms with E-state index in [2.05, 4.69) is 211 Å². The minimum absolute atomic E-state index is 0.00454. The first-order valence-corrected chi connectivity index (χ1v) is 28.0. The van der Waals surface area contributed by atoms with E-state index < -0.39 is 10.0 Å². The van der Waals surface area contributed by atoms with E-state index in [1.165, 1.54) is 72.7 Å². The van der Waals surface area contributed by atoms with Crippen molar-refractivity contribution in [1.29, 1.82) is 0 Å². The summed E-state index contributed by atoms with van der Waals surface area (Å²) in [6.07, 6.45) is 12.6. The first-order valence-electron chi connectivity index (χ1n) is 26.5. The average Bonchev–Trinajstić information content (AvgIpc) is 3.36. The van der Waals surface area contributed by atoms with Crippen LogP contribution in [0.25, 0.3) is 10.8 Å². The topological polar surface area (TPSA) is 64.5 Å². The Hall–Kier alpha value is -6.70. The van der Waals surface area contributed by atoms with Crippen molar-refractivity contribution < 1.29 is 13.0 Å². The molecule has 8 rings (SSSR count). The van der Waals surface area contributed by atoms with Crippen LogP contribution in [0.15, 0.2) is 144 Å². The second-order valence-electron chi connectivity index (χ2n) is 20.8. The van der Waals surface area contributed by atoms with E-state index >= 15 is 0 Å². The minimum Gasteiger partial charge on any atom is -0.355 e. The second-order valence-corrected chi connectivity index (χ2v) is 22.5. The lowest BCUT2D eigenvalue weighted by Gasteiger charge is -2.30. The molecule has 1 aliphatic carbocycles. The van der Waals surface area contributed by atoms with E-state index in [1.807, 2.05) is 26.0 Å². The van der Waals surface area contributed by atoms with Crippen molar-refractivity contribution in [3.63, 3.8) is 0 Å². The van der Waals surface area contributed by atoms with Crippen molar-refractivity contribution in [2.75, 3.05) is 28.0 Å². The van der Waals surface area contributed by atoms with Crippen LogP contribution in [0.4, 0.5) is 34.1 Å². The van der Waals surface area contributed by atoms with Gasteiger partial charge in [-0.15, -0.1) is 0 Å². The predicted octanol–water partition coefficient (Wildman–Crippen LogP) is 17.3. The fourth-order valence-electron chi connectivity index (χ4n) is 11.6. The molecule has 0 heterocycles. The molecular weight excluding hydrogens is 913 g/mol. The van der Waals surface area contributed by atoms with E-state index in [-0.39, 0.29) is 16.7 Å². The number of rotatable bonds is 17. The summed E-state index contributed by atoms with van der Waals surface area (Å²) in [6.45, 7) is 30.0. The van der Waals surface area contributed by atoms with Crippen molar-refractivity contribution in [2.24, 2.45) is 5.92 Å². The Morgan fingerprint density at radius 2 is 1.19 bits per heavy atom. The van der Waals surface area contributed by atoms with Crippen LogP contribution in [0.3, 0.4) is 0 Å². The Kier molecular flexibility index (Phi) is 16.0. The van der Waals surface area contributed by atoms with Gasteiger partial charge in [-0.05, 0) is 173 Å². The molecule has 0 amide bonds. The largest absolute Gasteiger partial charge is 0.355 e. The van der Waals surface area contributed by atoms with E-state index in [9.17, 15) is 8.42 Å². The van der Waals surface area contributed by atoms with Gasteiger partial charge < -0.3 is 10.2 Å². The quantitative estimate of drug-likeness (QED) is 0.0893. The van der Waals surface area contributed by atoms with E-state index in [1.54, 1.807) is 12.1 Å². The Bertz CT molecular complexity index is 3320. The van der Waals surface area contributed by atoms with E-state index in [0.29, 0.717) is 11.6 Å². The van der Waals surface area contributed by atoms with Crippen LogP contribution in [0.2, 0.25) is 0 Å². The molecule has 0 aromatic heterocycles. The number of benzene rings is 7. The molecule has 0 radical (unpaired) electrons. The molecule has 0 spiro atoms. The monoisotopic (exact) mass is 990 g/mol. The number of hydrogen-bond acceptors (Lipinski definition) is 4. The molecule has 0 aliphatic heterocycles. The first kappa shape index (κ1) is 52.6. The highest BCUT2D eigenvalue weighted by Gasteiger charge is 2.29. The zero-order valence-electron chi connectivity index (χ0n) is 45.7. The van der Waals surface area contributed by atoms with E-state index in [0.717, 1.165) is 71.4 Å². The molecule has 7 heteroatoms. The summed E-state index contributed by atoms with van der Waals surface area (Å²) in [5.41, 5.74) is 21.5. The highest BCUT2D eigenvalue weighted by Crippen LogP contribution is 2.44. The fourth-order valence-corrected chi connectivity index (χ4v) is 12.8. The molecule has 2 unspecified atom stereocenters. The number of sulfonamides is 1. The number of allylic oxidation sites excluding steroid dienone is 4. The number of fused-ring (bicyclic) bond motifs is 1. The normalized spacial score (nSPS) is 14.4. The van der Waals surface area contributed by atoms with Crippen molar-refractivity contribution >= 4 is 60.6 Å². The number of nitrogens with one attached hydrogen (secondary N) is 2. The van der Waals surface area contributed by atoms with E-state index in [4.69, 9.17) is 0 Å². The van der Waals surface area contributed by atoms with Gasteiger partial charge >= 0.3 is 0 Å². The Labute approximate surface area is 437 Å². The predicted molar refractivity (Wildman–Crippen MR) is 313 cm³/mol. The second kappa shape index (κ2) is 22.2. The maximum absolute atomic E-state index is 14.0. The van der Waals surface area contributed by atoms with Crippen LogP contribution in [-0.2, 0) is 10.0 Å². The van der Waals surface area contributed by atoms with Gasteiger partial charge in [0.1, 0.15) is 6.54 Å². The number of anilines is 5. The lowest BCUT2D eigenvalue weighted by molar-refractivity contribution is -0.440. The molecule has 2 N–H and O–H groups in total. The van der Waals surface area contributed by atoms with Crippen LogP contribution in [0, 0.1) is 68.2 Å². The molecule has 378 valence electrons.